The van der Waals surface area contributed by atoms with Crippen molar-refractivity contribution in [3.63, 3.8) is 0 Å². The standard InChI is InChI=1S/C22H30N6O/c1-4-22(5-2,17-10-7-6-8-11-17)16-25-21(23-3)24-14-13-19-26-20(28-27-19)18-12-9-15-29-18/h6-12,15H,4-5,13-14,16H2,1-3H3,(H2,23,24,25)(H,26,27,28). The van der Waals surface area contributed by atoms with Crippen molar-refractivity contribution < 1.29 is 4.42 Å². The van der Waals surface area contributed by atoms with Gasteiger partial charge in [-0.2, -0.15) is 5.10 Å². The molecule has 7 heteroatoms. The highest BCUT2D eigenvalue weighted by atomic mass is 16.3. The minimum Gasteiger partial charge on any atom is -0.461 e. The molecule has 0 fully saturated rings. The molecule has 0 unspecified atom stereocenters. The molecular formula is C22H30N6O. The lowest BCUT2D eigenvalue weighted by Gasteiger charge is -2.33. The van der Waals surface area contributed by atoms with Crippen molar-refractivity contribution in [3.8, 4) is 11.6 Å². The van der Waals surface area contributed by atoms with E-state index in [-0.39, 0.29) is 5.41 Å². The first-order valence-electron chi connectivity index (χ1n) is 10.2. The van der Waals surface area contributed by atoms with E-state index in [1.807, 2.05) is 12.1 Å². The van der Waals surface area contributed by atoms with Gasteiger partial charge in [0, 0.05) is 32.0 Å². The van der Waals surface area contributed by atoms with Gasteiger partial charge in [-0.3, -0.25) is 10.1 Å². The molecule has 0 atom stereocenters. The number of nitrogens with one attached hydrogen (secondary N) is 3. The Morgan fingerprint density at radius 3 is 2.55 bits per heavy atom. The second kappa shape index (κ2) is 9.91. The second-order valence-corrected chi connectivity index (χ2v) is 7.04. The number of rotatable bonds is 9. The molecule has 0 amide bonds. The predicted molar refractivity (Wildman–Crippen MR) is 116 cm³/mol. The average molecular weight is 395 g/mol. The van der Waals surface area contributed by atoms with Crippen LogP contribution in [-0.4, -0.2) is 41.3 Å². The number of aromatic amines is 1. The molecule has 154 valence electrons. The Balaban J connectivity index is 1.53. The summed E-state index contributed by atoms with van der Waals surface area (Å²) in [7, 11) is 1.79. The summed E-state index contributed by atoms with van der Waals surface area (Å²) >= 11 is 0. The summed E-state index contributed by atoms with van der Waals surface area (Å²) in [4.78, 5) is 8.83. The van der Waals surface area contributed by atoms with Crippen molar-refractivity contribution in [3.05, 3.63) is 60.1 Å². The van der Waals surface area contributed by atoms with Crippen molar-refractivity contribution in [2.45, 2.75) is 38.5 Å². The second-order valence-electron chi connectivity index (χ2n) is 7.04. The van der Waals surface area contributed by atoms with Crippen molar-refractivity contribution in [2.75, 3.05) is 20.1 Å². The number of furan rings is 1. The van der Waals surface area contributed by atoms with E-state index in [0.717, 1.165) is 31.2 Å². The first-order chi connectivity index (χ1) is 14.2. The Kier molecular flexibility index (Phi) is 7.05. The minimum absolute atomic E-state index is 0.0851. The average Bonchev–Trinajstić information content (AvgIpc) is 3.46. The maximum absolute atomic E-state index is 5.32. The smallest absolute Gasteiger partial charge is 0.216 e. The van der Waals surface area contributed by atoms with Crippen molar-refractivity contribution in [1.29, 1.82) is 0 Å². The monoisotopic (exact) mass is 394 g/mol. The van der Waals surface area contributed by atoms with Gasteiger partial charge in [0.15, 0.2) is 11.7 Å². The van der Waals surface area contributed by atoms with Crippen molar-refractivity contribution in [1.82, 2.24) is 25.8 Å². The number of aromatic nitrogens is 3. The van der Waals surface area contributed by atoms with Gasteiger partial charge in [-0.15, -0.1) is 0 Å². The topological polar surface area (TPSA) is 91.1 Å². The Bertz CT molecular complexity index is 881. The third-order valence-electron chi connectivity index (χ3n) is 5.49. The molecular weight excluding hydrogens is 364 g/mol. The van der Waals surface area contributed by atoms with Crippen LogP contribution in [0.15, 0.2) is 58.1 Å². The van der Waals surface area contributed by atoms with Gasteiger partial charge in [-0.05, 0) is 30.5 Å². The van der Waals surface area contributed by atoms with E-state index in [4.69, 9.17) is 4.42 Å². The highest BCUT2D eigenvalue weighted by Crippen LogP contribution is 2.30. The van der Waals surface area contributed by atoms with Crippen LogP contribution in [0.4, 0.5) is 0 Å². The maximum atomic E-state index is 5.32. The van der Waals surface area contributed by atoms with Gasteiger partial charge < -0.3 is 15.1 Å². The normalized spacial score (nSPS) is 12.2. The number of aliphatic imine (C=N–C) groups is 1. The van der Waals surface area contributed by atoms with E-state index in [1.165, 1.54) is 5.56 Å². The zero-order valence-corrected chi connectivity index (χ0v) is 17.4. The van der Waals surface area contributed by atoms with Crippen LogP contribution in [0.5, 0.6) is 0 Å². The Morgan fingerprint density at radius 2 is 1.90 bits per heavy atom. The maximum Gasteiger partial charge on any atom is 0.216 e. The van der Waals surface area contributed by atoms with Gasteiger partial charge >= 0.3 is 0 Å². The highest BCUT2D eigenvalue weighted by Gasteiger charge is 2.28. The lowest BCUT2D eigenvalue weighted by Crippen LogP contribution is -2.45. The molecule has 3 aromatic rings. The van der Waals surface area contributed by atoms with E-state index in [9.17, 15) is 0 Å². The zero-order valence-electron chi connectivity index (χ0n) is 17.4. The number of nitrogens with zero attached hydrogens (tertiary/aromatic N) is 3. The molecule has 3 rings (SSSR count). The van der Waals surface area contributed by atoms with E-state index in [1.54, 1.807) is 13.3 Å². The molecule has 2 heterocycles. The van der Waals surface area contributed by atoms with Gasteiger partial charge in [0.05, 0.1) is 6.26 Å². The number of benzene rings is 1. The largest absolute Gasteiger partial charge is 0.461 e. The predicted octanol–water partition coefficient (Wildman–Crippen LogP) is 3.53. The molecule has 0 aliphatic heterocycles. The molecule has 7 nitrogen and oxygen atoms in total. The fourth-order valence-corrected chi connectivity index (χ4v) is 3.50. The lowest BCUT2D eigenvalue weighted by atomic mass is 9.76. The summed E-state index contributed by atoms with van der Waals surface area (Å²) in [6.07, 6.45) is 4.45. The van der Waals surface area contributed by atoms with E-state index in [2.05, 4.69) is 75.0 Å². The van der Waals surface area contributed by atoms with Gasteiger partial charge in [0.25, 0.3) is 0 Å². The molecule has 0 aliphatic rings. The van der Waals surface area contributed by atoms with Crippen LogP contribution >= 0.6 is 0 Å². The Labute approximate surface area is 172 Å². The van der Waals surface area contributed by atoms with Crippen LogP contribution in [0.3, 0.4) is 0 Å². The summed E-state index contributed by atoms with van der Waals surface area (Å²) in [5.41, 5.74) is 1.45. The number of H-pyrrole nitrogens is 1. The molecule has 1 aromatic carbocycles. The fraction of sp³-hybridized carbons (Fsp3) is 0.409. The van der Waals surface area contributed by atoms with Gasteiger partial charge in [-0.1, -0.05) is 44.2 Å². The van der Waals surface area contributed by atoms with Crippen LogP contribution in [0.2, 0.25) is 0 Å². The summed E-state index contributed by atoms with van der Waals surface area (Å²) in [6.45, 7) is 6.02. The molecule has 0 aliphatic carbocycles. The van der Waals surface area contributed by atoms with Crippen molar-refractivity contribution >= 4 is 5.96 Å². The Hall–Kier alpha value is -3.09. The summed E-state index contributed by atoms with van der Waals surface area (Å²) in [5.74, 6) is 2.83. The Morgan fingerprint density at radius 1 is 1.10 bits per heavy atom. The van der Waals surface area contributed by atoms with E-state index < -0.39 is 0 Å². The molecule has 29 heavy (non-hydrogen) atoms. The molecule has 3 N–H and O–H groups in total. The highest BCUT2D eigenvalue weighted by molar-refractivity contribution is 5.79. The summed E-state index contributed by atoms with van der Waals surface area (Å²) < 4.78 is 5.32. The third-order valence-corrected chi connectivity index (χ3v) is 5.49. The number of guanidine groups is 1. The lowest BCUT2D eigenvalue weighted by molar-refractivity contribution is 0.389. The van der Waals surface area contributed by atoms with E-state index >= 15 is 0 Å². The minimum atomic E-state index is 0.0851. The summed E-state index contributed by atoms with van der Waals surface area (Å²) in [6, 6.07) is 14.4. The molecule has 0 saturated carbocycles. The molecule has 0 saturated heterocycles. The van der Waals surface area contributed by atoms with Gasteiger partial charge in [0.2, 0.25) is 5.82 Å². The fourth-order valence-electron chi connectivity index (χ4n) is 3.50. The van der Waals surface area contributed by atoms with Crippen LogP contribution in [0.25, 0.3) is 11.6 Å². The first kappa shape index (κ1) is 20.6. The van der Waals surface area contributed by atoms with E-state index in [0.29, 0.717) is 24.6 Å². The first-order valence-corrected chi connectivity index (χ1v) is 10.2. The number of hydrogen-bond acceptors (Lipinski definition) is 4. The SMILES string of the molecule is CCC(CC)(CNC(=NC)NCCc1nc(-c2ccco2)n[nH]1)c1ccccc1. The zero-order chi connectivity index (χ0) is 20.5. The van der Waals surface area contributed by atoms with Crippen molar-refractivity contribution in [2.24, 2.45) is 4.99 Å². The molecule has 2 aromatic heterocycles. The summed E-state index contributed by atoms with van der Waals surface area (Å²) in [5, 5.41) is 14.0. The van der Waals surface area contributed by atoms with Crippen LogP contribution in [0, 0.1) is 0 Å². The van der Waals surface area contributed by atoms with Crippen LogP contribution < -0.4 is 10.6 Å². The van der Waals surface area contributed by atoms with Gasteiger partial charge in [-0.25, -0.2) is 4.98 Å². The quantitative estimate of drug-likeness (QED) is 0.381. The molecule has 0 radical (unpaired) electrons. The molecule has 0 spiro atoms. The van der Waals surface area contributed by atoms with Crippen LogP contribution in [0.1, 0.15) is 38.1 Å². The number of hydrogen-bond donors (Lipinski definition) is 3. The third kappa shape index (κ3) is 5.04. The van der Waals surface area contributed by atoms with Crippen LogP contribution in [-0.2, 0) is 11.8 Å². The molecule has 0 bridgehead atoms. The van der Waals surface area contributed by atoms with Gasteiger partial charge in [0.1, 0.15) is 5.82 Å².